The molecule has 0 saturated carbocycles. The van der Waals surface area contributed by atoms with Crippen molar-refractivity contribution in [2.45, 2.75) is 25.8 Å². The summed E-state index contributed by atoms with van der Waals surface area (Å²) in [7, 11) is 0. The van der Waals surface area contributed by atoms with Gasteiger partial charge in [-0.1, -0.05) is 29.3 Å². The predicted molar refractivity (Wildman–Crippen MR) is 86.1 cm³/mol. The maximum Gasteiger partial charge on any atom is 0.223 e. The highest BCUT2D eigenvalue weighted by atomic mass is 35.5. The Kier molecular flexibility index (Phi) is 7.10. The third-order valence-corrected chi connectivity index (χ3v) is 4.17. The lowest BCUT2D eigenvalue weighted by Crippen LogP contribution is -2.52. The monoisotopic (exact) mass is 336 g/mol. The van der Waals surface area contributed by atoms with Crippen molar-refractivity contribution < 1.29 is 4.79 Å². The van der Waals surface area contributed by atoms with Crippen molar-refractivity contribution in [1.82, 2.24) is 10.2 Å². The number of amides is 1. The van der Waals surface area contributed by atoms with Gasteiger partial charge < -0.3 is 10.2 Å². The van der Waals surface area contributed by atoms with Crippen LogP contribution in [0.15, 0.2) is 18.2 Å². The second-order valence-corrected chi connectivity index (χ2v) is 5.70. The van der Waals surface area contributed by atoms with E-state index >= 15 is 0 Å². The van der Waals surface area contributed by atoms with Crippen molar-refractivity contribution in [2.75, 3.05) is 19.6 Å². The van der Waals surface area contributed by atoms with Crippen LogP contribution in [0.25, 0.3) is 0 Å². The van der Waals surface area contributed by atoms with Gasteiger partial charge in [-0.3, -0.25) is 4.79 Å². The fourth-order valence-electron chi connectivity index (χ4n) is 2.30. The standard InChI is InChI=1S/C14H18Cl2N2O.ClH/c1-10-9-17-6-7-18(10)14(19)5-3-11-2-4-12(15)13(16)8-11;/h2,4,8,10,17H,3,5-7,9H2,1H3;1H/t10-;/m0./s1. The van der Waals surface area contributed by atoms with Crippen LogP contribution < -0.4 is 5.32 Å². The zero-order chi connectivity index (χ0) is 13.8. The van der Waals surface area contributed by atoms with E-state index in [0.717, 1.165) is 25.2 Å². The normalized spacial score (nSPS) is 18.6. The minimum Gasteiger partial charge on any atom is -0.337 e. The van der Waals surface area contributed by atoms with Gasteiger partial charge in [0.05, 0.1) is 10.0 Å². The molecule has 0 unspecified atom stereocenters. The minimum absolute atomic E-state index is 0. The number of halogens is 3. The molecule has 3 nitrogen and oxygen atoms in total. The average molecular weight is 338 g/mol. The molecule has 2 rings (SSSR count). The molecule has 1 saturated heterocycles. The lowest BCUT2D eigenvalue weighted by Gasteiger charge is -2.34. The fourth-order valence-corrected chi connectivity index (χ4v) is 2.62. The van der Waals surface area contributed by atoms with Crippen LogP contribution in [0.5, 0.6) is 0 Å². The molecule has 1 aliphatic rings. The van der Waals surface area contributed by atoms with Gasteiger partial charge in [-0.05, 0) is 31.0 Å². The lowest BCUT2D eigenvalue weighted by atomic mass is 10.1. The van der Waals surface area contributed by atoms with E-state index in [4.69, 9.17) is 23.2 Å². The summed E-state index contributed by atoms with van der Waals surface area (Å²) in [6, 6.07) is 5.80. The van der Waals surface area contributed by atoms with Crippen molar-refractivity contribution in [1.29, 1.82) is 0 Å². The number of hydrogen-bond donors (Lipinski definition) is 1. The van der Waals surface area contributed by atoms with Gasteiger partial charge in [-0.15, -0.1) is 12.4 Å². The van der Waals surface area contributed by atoms with Crippen LogP contribution in [0.2, 0.25) is 10.0 Å². The molecule has 1 atom stereocenters. The van der Waals surface area contributed by atoms with Crippen molar-refractivity contribution >= 4 is 41.5 Å². The highest BCUT2D eigenvalue weighted by molar-refractivity contribution is 6.42. The molecule has 0 spiro atoms. The van der Waals surface area contributed by atoms with Crippen molar-refractivity contribution in [3.8, 4) is 0 Å². The SMILES string of the molecule is C[C@H]1CNCCN1C(=O)CCc1ccc(Cl)c(Cl)c1.Cl. The number of nitrogens with one attached hydrogen (secondary N) is 1. The predicted octanol–water partition coefficient (Wildman–Crippen LogP) is 3.17. The quantitative estimate of drug-likeness (QED) is 0.919. The van der Waals surface area contributed by atoms with Crippen molar-refractivity contribution in [3.05, 3.63) is 33.8 Å². The van der Waals surface area contributed by atoms with Crippen LogP contribution in [0.3, 0.4) is 0 Å². The summed E-state index contributed by atoms with van der Waals surface area (Å²) < 4.78 is 0. The molecule has 1 fully saturated rings. The summed E-state index contributed by atoms with van der Waals surface area (Å²) in [6.45, 7) is 4.62. The van der Waals surface area contributed by atoms with E-state index in [1.807, 2.05) is 17.0 Å². The molecule has 1 aromatic carbocycles. The maximum atomic E-state index is 12.2. The fraction of sp³-hybridized carbons (Fsp3) is 0.500. The summed E-state index contributed by atoms with van der Waals surface area (Å²) in [5, 5.41) is 4.37. The molecule has 0 bridgehead atoms. The first kappa shape index (κ1) is 17.6. The molecule has 1 N–H and O–H groups in total. The third kappa shape index (κ3) is 4.52. The van der Waals surface area contributed by atoms with Gasteiger partial charge in [-0.25, -0.2) is 0 Å². The Morgan fingerprint density at radius 3 is 2.80 bits per heavy atom. The smallest absolute Gasteiger partial charge is 0.223 e. The molecular weight excluding hydrogens is 319 g/mol. The second kappa shape index (κ2) is 8.08. The molecule has 1 aliphatic heterocycles. The van der Waals surface area contributed by atoms with Gasteiger partial charge in [0.2, 0.25) is 5.91 Å². The second-order valence-electron chi connectivity index (χ2n) is 4.89. The summed E-state index contributed by atoms with van der Waals surface area (Å²) in [6.07, 6.45) is 1.22. The zero-order valence-corrected chi connectivity index (χ0v) is 13.7. The topological polar surface area (TPSA) is 32.3 Å². The van der Waals surface area contributed by atoms with E-state index in [2.05, 4.69) is 12.2 Å². The Morgan fingerprint density at radius 2 is 2.15 bits per heavy atom. The van der Waals surface area contributed by atoms with E-state index in [9.17, 15) is 4.79 Å². The lowest BCUT2D eigenvalue weighted by molar-refractivity contribution is -0.133. The Labute approximate surface area is 136 Å². The van der Waals surface area contributed by atoms with Gasteiger partial charge in [0, 0.05) is 32.1 Å². The Bertz CT molecular complexity index is 468. The van der Waals surface area contributed by atoms with Crippen LogP contribution in [0.4, 0.5) is 0 Å². The zero-order valence-electron chi connectivity index (χ0n) is 11.4. The van der Waals surface area contributed by atoms with Crippen LogP contribution >= 0.6 is 35.6 Å². The number of benzene rings is 1. The maximum absolute atomic E-state index is 12.2. The number of hydrogen-bond acceptors (Lipinski definition) is 2. The van der Waals surface area contributed by atoms with Gasteiger partial charge in [0.25, 0.3) is 0 Å². The number of piperazine rings is 1. The van der Waals surface area contributed by atoms with Gasteiger partial charge in [0.15, 0.2) is 0 Å². The van der Waals surface area contributed by atoms with E-state index in [1.165, 1.54) is 0 Å². The average Bonchev–Trinajstić information content (AvgIpc) is 2.40. The number of nitrogens with zero attached hydrogens (tertiary/aromatic N) is 1. The first-order chi connectivity index (χ1) is 9.08. The van der Waals surface area contributed by atoms with Crippen LogP contribution in [0.1, 0.15) is 18.9 Å². The van der Waals surface area contributed by atoms with Crippen LogP contribution in [-0.4, -0.2) is 36.5 Å². The molecular formula is C14H19Cl3N2O. The molecule has 0 aliphatic carbocycles. The molecule has 112 valence electrons. The van der Waals surface area contributed by atoms with Crippen LogP contribution in [-0.2, 0) is 11.2 Å². The molecule has 0 radical (unpaired) electrons. The molecule has 1 aromatic rings. The van der Waals surface area contributed by atoms with Crippen molar-refractivity contribution in [3.63, 3.8) is 0 Å². The largest absolute Gasteiger partial charge is 0.337 e. The van der Waals surface area contributed by atoms with Gasteiger partial charge in [0.1, 0.15) is 0 Å². The first-order valence-electron chi connectivity index (χ1n) is 6.52. The van der Waals surface area contributed by atoms with E-state index in [-0.39, 0.29) is 24.4 Å². The minimum atomic E-state index is 0. The molecule has 1 amide bonds. The molecule has 20 heavy (non-hydrogen) atoms. The Morgan fingerprint density at radius 1 is 1.40 bits per heavy atom. The number of carbonyl (C=O) groups excluding carboxylic acids is 1. The highest BCUT2D eigenvalue weighted by Gasteiger charge is 2.22. The Hall–Kier alpha value is -0.480. The number of rotatable bonds is 3. The molecule has 1 heterocycles. The summed E-state index contributed by atoms with van der Waals surface area (Å²) >= 11 is 11.8. The number of carbonyl (C=O) groups is 1. The highest BCUT2D eigenvalue weighted by Crippen LogP contribution is 2.23. The summed E-state index contributed by atoms with van der Waals surface area (Å²) in [5.41, 5.74) is 1.05. The van der Waals surface area contributed by atoms with Crippen LogP contribution in [0, 0.1) is 0 Å². The first-order valence-corrected chi connectivity index (χ1v) is 7.27. The van der Waals surface area contributed by atoms with E-state index in [0.29, 0.717) is 22.9 Å². The number of aryl methyl sites for hydroxylation is 1. The van der Waals surface area contributed by atoms with Gasteiger partial charge in [-0.2, -0.15) is 0 Å². The summed E-state index contributed by atoms with van der Waals surface area (Å²) in [5.74, 6) is 0.208. The molecule has 0 aromatic heterocycles. The third-order valence-electron chi connectivity index (χ3n) is 3.43. The molecule has 6 heteroatoms. The Balaban J connectivity index is 0.00000200. The summed E-state index contributed by atoms with van der Waals surface area (Å²) in [4.78, 5) is 14.1. The van der Waals surface area contributed by atoms with Crippen molar-refractivity contribution in [2.24, 2.45) is 0 Å². The van der Waals surface area contributed by atoms with E-state index in [1.54, 1.807) is 6.07 Å². The van der Waals surface area contributed by atoms with E-state index < -0.39 is 0 Å². The van der Waals surface area contributed by atoms with Gasteiger partial charge >= 0.3 is 0 Å².